The largest absolute Gasteiger partial charge is 0.481 e. The summed E-state index contributed by atoms with van der Waals surface area (Å²) in [4.78, 5) is 36.4. The zero-order chi connectivity index (χ0) is 15.4. The molecular formula is C14H23N3O4. The molecule has 7 heteroatoms. The van der Waals surface area contributed by atoms with Crippen LogP contribution in [0.5, 0.6) is 0 Å². The molecule has 3 saturated heterocycles. The first-order valence-electron chi connectivity index (χ1n) is 7.48. The number of amides is 3. The Morgan fingerprint density at radius 3 is 2.43 bits per heavy atom. The molecule has 21 heavy (non-hydrogen) atoms. The van der Waals surface area contributed by atoms with E-state index >= 15 is 0 Å². The predicted molar refractivity (Wildman–Crippen MR) is 75.7 cm³/mol. The maximum atomic E-state index is 11.8. The molecule has 7 nitrogen and oxygen atoms in total. The Bertz CT molecular complexity index is 418. The lowest BCUT2D eigenvalue weighted by Gasteiger charge is -2.44. The van der Waals surface area contributed by atoms with Crippen molar-refractivity contribution in [1.82, 2.24) is 15.5 Å². The zero-order valence-electron chi connectivity index (χ0n) is 12.3. The molecule has 3 aliphatic rings. The van der Waals surface area contributed by atoms with Crippen LogP contribution in [0.25, 0.3) is 0 Å². The summed E-state index contributed by atoms with van der Waals surface area (Å²) in [5.74, 6) is -1.15. The smallest absolute Gasteiger partial charge is 0.321 e. The number of nitrogens with one attached hydrogen (secondary N) is 2. The summed E-state index contributed by atoms with van der Waals surface area (Å²) in [5, 5.41) is 13.8. The number of imide groups is 1. The van der Waals surface area contributed by atoms with Crippen molar-refractivity contribution in [2.24, 2.45) is 11.8 Å². The van der Waals surface area contributed by atoms with Crippen LogP contribution in [-0.2, 0) is 9.59 Å². The van der Waals surface area contributed by atoms with E-state index in [2.05, 4.69) is 15.5 Å². The standard InChI is InChI=1S/C14H23N3O4/c1-9(7-13(19)20)6-12(18)16-14(21)15-11-8-17-4-2-10(11)3-5-17/h9-11H,2-8H2,1H3,(H,19,20)(H2,15,16,18,21). The topological polar surface area (TPSA) is 98.7 Å². The number of piperidine rings is 3. The van der Waals surface area contributed by atoms with Gasteiger partial charge in [-0.25, -0.2) is 4.79 Å². The lowest BCUT2D eigenvalue weighted by atomic mass is 9.84. The molecule has 0 aromatic rings. The van der Waals surface area contributed by atoms with Crippen LogP contribution in [0, 0.1) is 11.8 Å². The number of hydrogen-bond acceptors (Lipinski definition) is 4. The fourth-order valence-electron chi connectivity index (χ4n) is 3.20. The highest BCUT2D eigenvalue weighted by Gasteiger charge is 2.35. The third kappa shape index (κ3) is 4.70. The minimum atomic E-state index is -0.938. The number of urea groups is 1. The van der Waals surface area contributed by atoms with Crippen LogP contribution in [0.4, 0.5) is 4.79 Å². The molecule has 118 valence electrons. The van der Waals surface area contributed by atoms with Gasteiger partial charge in [-0.2, -0.15) is 0 Å². The van der Waals surface area contributed by atoms with E-state index in [4.69, 9.17) is 5.11 Å². The van der Waals surface area contributed by atoms with E-state index in [-0.39, 0.29) is 24.8 Å². The summed E-state index contributed by atoms with van der Waals surface area (Å²) >= 11 is 0. The summed E-state index contributed by atoms with van der Waals surface area (Å²) in [6.45, 7) is 4.72. The molecule has 3 amide bonds. The molecule has 0 aromatic heterocycles. The highest BCUT2D eigenvalue weighted by Crippen LogP contribution is 2.27. The maximum Gasteiger partial charge on any atom is 0.321 e. The number of carboxylic acids is 1. The number of rotatable bonds is 5. The Balaban J connectivity index is 1.71. The second-order valence-corrected chi connectivity index (χ2v) is 6.17. The van der Waals surface area contributed by atoms with Crippen LogP contribution >= 0.6 is 0 Å². The Labute approximate surface area is 124 Å². The molecule has 0 aliphatic carbocycles. The lowest BCUT2D eigenvalue weighted by molar-refractivity contribution is -0.138. The first-order chi connectivity index (χ1) is 9.94. The summed E-state index contributed by atoms with van der Waals surface area (Å²) in [6, 6.07) is -0.363. The van der Waals surface area contributed by atoms with Crippen molar-refractivity contribution in [2.45, 2.75) is 38.6 Å². The van der Waals surface area contributed by atoms with Gasteiger partial charge in [-0.05, 0) is 37.8 Å². The average Bonchev–Trinajstić information content (AvgIpc) is 2.38. The molecule has 2 unspecified atom stereocenters. The van der Waals surface area contributed by atoms with Gasteiger partial charge in [0.05, 0.1) is 0 Å². The normalized spacial score (nSPS) is 28.7. The predicted octanol–water partition coefficient (Wildman–Crippen LogP) is 0.407. The number of carboxylic acid groups (broad SMARTS) is 1. The van der Waals surface area contributed by atoms with Gasteiger partial charge in [-0.3, -0.25) is 14.9 Å². The van der Waals surface area contributed by atoms with E-state index in [1.165, 1.54) is 0 Å². The number of hydrogen-bond donors (Lipinski definition) is 3. The Hall–Kier alpha value is -1.63. The number of carbonyl (C=O) groups is 3. The van der Waals surface area contributed by atoms with Crippen molar-refractivity contribution in [3.8, 4) is 0 Å². The van der Waals surface area contributed by atoms with Crippen molar-refractivity contribution >= 4 is 17.9 Å². The van der Waals surface area contributed by atoms with Gasteiger partial charge < -0.3 is 15.3 Å². The van der Waals surface area contributed by atoms with Crippen LogP contribution in [0.15, 0.2) is 0 Å². The monoisotopic (exact) mass is 297 g/mol. The van der Waals surface area contributed by atoms with Crippen molar-refractivity contribution in [2.75, 3.05) is 19.6 Å². The number of fused-ring (bicyclic) bond motifs is 3. The van der Waals surface area contributed by atoms with Gasteiger partial charge >= 0.3 is 12.0 Å². The molecule has 0 radical (unpaired) electrons. The molecule has 0 spiro atoms. The molecular weight excluding hydrogens is 274 g/mol. The third-order valence-electron chi connectivity index (χ3n) is 4.28. The number of aliphatic carboxylic acids is 1. The zero-order valence-corrected chi connectivity index (χ0v) is 12.3. The van der Waals surface area contributed by atoms with E-state index in [9.17, 15) is 14.4 Å². The quantitative estimate of drug-likeness (QED) is 0.682. The fourth-order valence-corrected chi connectivity index (χ4v) is 3.20. The van der Waals surface area contributed by atoms with Gasteiger partial charge in [-0.1, -0.05) is 6.92 Å². The first kappa shape index (κ1) is 15.8. The second kappa shape index (κ2) is 6.89. The summed E-state index contributed by atoms with van der Waals surface area (Å²) in [7, 11) is 0. The van der Waals surface area contributed by atoms with E-state index in [0.717, 1.165) is 32.5 Å². The van der Waals surface area contributed by atoms with Crippen LogP contribution in [-0.4, -0.2) is 53.6 Å². The maximum absolute atomic E-state index is 11.8. The minimum absolute atomic E-state index is 0.0416. The summed E-state index contributed by atoms with van der Waals surface area (Å²) < 4.78 is 0. The van der Waals surface area contributed by atoms with E-state index in [0.29, 0.717) is 5.92 Å². The van der Waals surface area contributed by atoms with Crippen LogP contribution in [0.3, 0.4) is 0 Å². The van der Waals surface area contributed by atoms with E-state index < -0.39 is 17.9 Å². The van der Waals surface area contributed by atoms with Gasteiger partial charge in [0.25, 0.3) is 0 Å². The minimum Gasteiger partial charge on any atom is -0.481 e. The lowest BCUT2D eigenvalue weighted by Crippen LogP contribution is -2.59. The highest BCUT2D eigenvalue weighted by molar-refractivity contribution is 5.94. The molecule has 3 heterocycles. The number of nitrogens with zero attached hydrogens (tertiary/aromatic N) is 1. The van der Waals surface area contributed by atoms with Crippen molar-refractivity contribution in [3.63, 3.8) is 0 Å². The molecule has 3 fully saturated rings. The van der Waals surface area contributed by atoms with Crippen LogP contribution in [0.1, 0.15) is 32.6 Å². The van der Waals surface area contributed by atoms with Gasteiger partial charge in [0.1, 0.15) is 0 Å². The Kier molecular flexibility index (Phi) is 5.17. The SMILES string of the molecule is CC(CC(=O)O)CC(=O)NC(=O)NC1CN2CCC1CC2. The van der Waals surface area contributed by atoms with Gasteiger partial charge in [-0.15, -0.1) is 0 Å². The fraction of sp³-hybridized carbons (Fsp3) is 0.786. The van der Waals surface area contributed by atoms with Crippen molar-refractivity contribution < 1.29 is 19.5 Å². The van der Waals surface area contributed by atoms with E-state index in [1.807, 2.05) is 0 Å². The number of carbonyl (C=O) groups excluding carboxylic acids is 2. The van der Waals surface area contributed by atoms with E-state index in [1.54, 1.807) is 6.92 Å². The summed E-state index contributed by atoms with van der Waals surface area (Å²) in [6.07, 6.45) is 2.15. The molecule has 3 rings (SSSR count). The Morgan fingerprint density at radius 1 is 1.24 bits per heavy atom. The molecule has 3 N–H and O–H groups in total. The molecule has 2 atom stereocenters. The van der Waals surface area contributed by atoms with Crippen LogP contribution < -0.4 is 10.6 Å². The Morgan fingerprint density at radius 2 is 1.90 bits per heavy atom. The van der Waals surface area contributed by atoms with Gasteiger partial charge in [0.15, 0.2) is 0 Å². The third-order valence-corrected chi connectivity index (χ3v) is 4.28. The highest BCUT2D eigenvalue weighted by atomic mass is 16.4. The van der Waals surface area contributed by atoms with Gasteiger partial charge in [0, 0.05) is 25.4 Å². The molecule has 3 aliphatic heterocycles. The molecule has 2 bridgehead atoms. The first-order valence-corrected chi connectivity index (χ1v) is 7.48. The summed E-state index contributed by atoms with van der Waals surface area (Å²) in [5.41, 5.74) is 0. The second-order valence-electron chi connectivity index (χ2n) is 6.17. The molecule has 0 saturated carbocycles. The van der Waals surface area contributed by atoms with Crippen molar-refractivity contribution in [1.29, 1.82) is 0 Å². The average molecular weight is 297 g/mol. The molecule has 0 aromatic carbocycles. The van der Waals surface area contributed by atoms with Gasteiger partial charge in [0.2, 0.25) is 5.91 Å². The van der Waals surface area contributed by atoms with Crippen molar-refractivity contribution in [3.05, 3.63) is 0 Å². The van der Waals surface area contributed by atoms with Crippen LogP contribution in [0.2, 0.25) is 0 Å².